The summed E-state index contributed by atoms with van der Waals surface area (Å²) in [6.07, 6.45) is 11.4. The number of amides is 3. The van der Waals surface area contributed by atoms with Crippen LogP contribution >= 0.6 is 0 Å². The second-order valence-electron chi connectivity index (χ2n) is 25.8. The first-order valence-corrected chi connectivity index (χ1v) is 31.0. The SMILES string of the molecule is CCn1c(-c2cccnc2C(C)C)c2c3cc(ccc31)N1CCO[C@@H](C[C@H](NC(=O)[C@H](C3CCCC3)N3CC[C@]4(CCN(C(=O)[C@H]5[C@@H](C6CC6)N5[S@](=O)c5ccc(C)cc5)C4)C3)C(=O)N3CCC[C@H](N3)C(=O)OCC(C)(C)C2)C1. The van der Waals surface area contributed by atoms with Gasteiger partial charge in [0.1, 0.15) is 29.1 Å². The minimum absolute atomic E-state index is 0.0171. The van der Waals surface area contributed by atoms with Crippen LogP contribution in [0.15, 0.2) is 65.7 Å². The van der Waals surface area contributed by atoms with Crippen LogP contribution in [0.25, 0.3) is 22.2 Å². The number of fused-ring (bicyclic) bond motifs is 6. The summed E-state index contributed by atoms with van der Waals surface area (Å²) in [4.78, 5) is 71.6. The van der Waals surface area contributed by atoms with Gasteiger partial charge in [-0.15, -0.1) is 0 Å². The van der Waals surface area contributed by atoms with Crippen molar-refractivity contribution in [1.29, 1.82) is 0 Å². The number of hydrazine groups is 1. The van der Waals surface area contributed by atoms with Gasteiger partial charge in [-0.05, 0) is 144 Å². The zero-order valence-corrected chi connectivity index (χ0v) is 48.2. The van der Waals surface area contributed by atoms with Crippen molar-refractivity contribution in [3.05, 3.63) is 77.6 Å². The molecule has 6 aliphatic heterocycles. The molecule has 2 N–H and O–H groups in total. The Morgan fingerprint density at radius 3 is 2.48 bits per heavy atom. The van der Waals surface area contributed by atoms with Crippen LogP contribution in [0, 0.1) is 29.6 Å². The van der Waals surface area contributed by atoms with E-state index in [1.165, 1.54) is 5.56 Å². The van der Waals surface area contributed by atoms with Gasteiger partial charge in [0.05, 0.1) is 47.7 Å². The monoisotopic (exact) mass is 1100 g/mol. The predicted octanol–water partition coefficient (Wildman–Crippen LogP) is 7.53. The molecule has 424 valence electrons. The van der Waals surface area contributed by atoms with E-state index >= 15 is 9.59 Å². The summed E-state index contributed by atoms with van der Waals surface area (Å²) in [5.41, 5.74) is 10.5. The molecule has 3 amide bonds. The number of benzene rings is 2. The van der Waals surface area contributed by atoms with E-state index in [2.05, 4.69) is 84.0 Å². The van der Waals surface area contributed by atoms with Crippen LogP contribution in [0.1, 0.15) is 128 Å². The summed E-state index contributed by atoms with van der Waals surface area (Å²) in [7, 11) is -1.40. The summed E-state index contributed by atoms with van der Waals surface area (Å²) < 4.78 is 31.1. The number of esters is 1. The number of cyclic esters (lactones) is 1. The average Bonchev–Trinajstić information content (AvgIpc) is 3.79. The molecule has 1 unspecified atom stereocenters. The van der Waals surface area contributed by atoms with E-state index in [0.29, 0.717) is 71.1 Å². The Morgan fingerprint density at radius 2 is 1.72 bits per heavy atom. The number of ether oxygens (including phenoxy) is 2. The molecule has 2 saturated carbocycles. The average molecular weight is 1100 g/mol. The highest BCUT2D eigenvalue weighted by atomic mass is 32.2. The fraction of sp³-hybridized carbons (Fsp3) is 0.629. The maximum absolute atomic E-state index is 15.4. The van der Waals surface area contributed by atoms with E-state index in [-0.39, 0.29) is 66.2 Å². The second-order valence-corrected chi connectivity index (χ2v) is 27.2. The third kappa shape index (κ3) is 10.8. The fourth-order valence-electron chi connectivity index (χ4n) is 14.7. The molecule has 17 heteroatoms. The lowest BCUT2D eigenvalue weighted by Crippen LogP contribution is -2.62. The quantitative estimate of drug-likeness (QED) is 0.113. The van der Waals surface area contributed by atoms with Crippen molar-refractivity contribution in [1.82, 2.24) is 39.4 Å². The molecule has 0 radical (unpaired) electrons. The van der Waals surface area contributed by atoms with Crippen LogP contribution in [0.2, 0.25) is 0 Å². The number of hydrogen-bond acceptors (Lipinski definition) is 11. The van der Waals surface area contributed by atoms with Crippen LogP contribution in [-0.4, -0.2) is 152 Å². The van der Waals surface area contributed by atoms with Gasteiger partial charge in [-0.25, -0.2) is 13.9 Å². The van der Waals surface area contributed by atoms with E-state index in [0.717, 1.165) is 108 Å². The Labute approximate surface area is 469 Å². The lowest BCUT2D eigenvalue weighted by atomic mass is 9.84. The van der Waals surface area contributed by atoms with Gasteiger partial charge in [0.2, 0.25) is 11.8 Å². The van der Waals surface area contributed by atoms with Gasteiger partial charge in [0, 0.05) is 91.4 Å². The minimum Gasteiger partial charge on any atom is -0.464 e. The van der Waals surface area contributed by atoms with Crippen LogP contribution in [0.3, 0.4) is 0 Å². The molecular weight excluding hydrogens is 1010 g/mol. The summed E-state index contributed by atoms with van der Waals surface area (Å²) in [5.74, 6) is 0.0355. The molecule has 6 bridgehead atoms. The van der Waals surface area contributed by atoms with Gasteiger partial charge >= 0.3 is 5.97 Å². The number of nitrogens with one attached hydrogen (secondary N) is 2. The van der Waals surface area contributed by atoms with Crippen molar-refractivity contribution >= 4 is 51.3 Å². The van der Waals surface area contributed by atoms with Gasteiger partial charge in [-0.2, -0.15) is 0 Å². The maximum Gasteiger partial charge on any atom is 0.324 e. The van der Waals surface area contributed by atoms with E-state index < -0.39 is 40.5 Å². The number of carbonyl (C=O) groups is 4. The number of carbonyl (C=O) groups excluding carboxylic acids is 4. The van der Waals surface area contributed by atoms with Crippen molar-refractivity contribution < 1.29 is 32.9 Å². The highest BCUT2D eigenvalue weighted by molar-refractivity contribution is 7.83. The van der Waals surface area contributed by atoms with Gasteiger partial charge in [0.15, 0.2) is 0 Å². The number of rotatable bonds is 11. The van der Waals surface area contributed by atoms with E-state index in [9.17, 15) is 13.8 Å². The lowest BCUT2D eigenvalue weighted by molar-refractivity contribution is -0.156. The number of nitrogens with zero attached hydrogens (tertiary/aromatic N) is 7. The van der Waals surface area contributed by atoms with Gasteiger partial charge in [-0.3, -0.25) is 34.1 Å². The Hall–Kier alpha value is -5.20. The second kappa shape index (κ2) is 21.9. The zero-order chi connectivity index (χ0) is 54.9. The number of pyridine rings is 1. The summed E-state index contributed by atoms with van der Waals surface area (Å²) in [5, 5.41) is 6.09. The molecule has 8 aliphatic rings. The first-order chi connectivity index (χ1) is 38.1. The number of likely N-dealkylation sites (tertiary alicyclic amines) is 2. The highest BCUT2D eigenvalue weighted by Gasteiger charge is 2.64. The highest BCUT2D eigenvalue weighted by Crippen LogP contribution is 2.51. The molecule has 8 heterocycles. The number of aromatic nitrogens is 2. The first kappa shape index (κ1) is 54.4. The predicted molar refractivity (Wildman–Crippen MR) is 305 cm³/mol. The van der Waals surface area contributed by atoms with E-state index in [1.807, 2.05) is 52.7 Å². The van der Waals surface area contributed by atoms with Crippen LogP contribution in [-0.2, 0) is 52.6 Å². The summed E-state index contributed by atoms with van der Waals surface area (Å²) in [6, 6.07) is 16.4. The Bertz CT molecular complexity index is 2990. The van der Waals surface area contributed by atoms with Gasteiger partial charge in [0.25, 0.3) is 5.91 Å². The molecule has 16 nitrogen and oxygen atoms in total. The molecule has 2 aromatic carbocycles. The third-order valence-corrected chi connectivity index (χ3v) is 20.6. The van der Waals surface area contributed by atoms with E-state index in [4.69, 9.17) is 14.5 Å². The van der Waals surface area contributed by atoms with Crippen molar-refractivity contribution in [2.45, 2.75) is 172 Å². The van der Waals surface area contributed by atoms with Gasteiger partial charge < -0.3 is 29.2 Å². The van der Waals surface area contributed by atoms with Crippen molar-refractivity contribution in [3.63, 3.8) is 0 Å². The molecule has 12 rings (SSSR count). The lowest BCUT2D eigenvalue weighted by Gasteiger charge is -2.39. The Morgan fingerprint density at radius 1 is 0.937 bits per heavy atom. The van der Waals surface area contributed by atoms with Gasteiger partial charge in [-0.1, -0.05) is 58.2 Å². The number of aryl methyl sites for hydroxylation is 2. The number of anilines is 1. The van der Waals surface area contributed by atoms with Crippen molar-refractivity contribution in [3.8, 4) is 11.3 Å². The molecule has 4 aromatic rings. The molecule has 1 spiro atoms. The Kier molecular flexibility index (Phi) is 15.1. The summed E-state index contributed by atoms with van der Waals surface area (Å²) in [6.45, 7) is 18.7. The fourth-order valence-corrected chi connectivity index (χ4v) is 16.2. The molecule has 79 heavy (non-hydrogen) atoms. The topological polar surface area (TPSA) is 162 Å². The molecule has 5 saturated heterocycles. The third-order valence-electron chi connectivity index (χ3n) is 19.0. The minimum atomic E-state index is -1.40. The standard InChI is InChI=1S/C62H83N9O7S/c1-7-69-51-23-20-43-32-47(51)48(55(69)46-14-10-26-63-52(46)39(2)3)34-61(5,6)38-78-60(75)49-15-11-27-70(65-49)58(73)50(33-44-35-66(43)30-31-77-44)64-57(72)54(41-12-8-9-13-41)67-28-24-62(36-67)25-29-68(37-62)59(74)56-53(42-18-19-42)71(56)79(76)45-21-16-40(4)17-22-45/h10,14,16-17,20-23,26,32,39,41-42,44,49-50,53-54,56,65H,7-9,11-13,15,18-19,24-25,27-31,33-38H2,1-6H3,(H,64,72)/t44-,49-,50-,53+,54-,56+,62-,71?,79+/m0/s1. The first-order valence-electron chi connectivity index (χ1n) is 29.9. The molecule has 2 aromatic heterocycles. The van der Waals surface area contributed by atoms with Crippen molar-refractivity contribution in [2.75, 3.05) is 63.9 Å². The molecule has 9 atom stereocenters. The van der Waals surface area contributed by atoms with Crippen LogP contribution in [0.4, 0.5) is 5.69 Å². The molecule has 2 aliphatic carbocycles. The Balaban J connectivity index is 0.807. The number of hydrogen-bond donors (Lipinski definition) is 2. The van der Waals surface area contributed by atoms with Crippen LogP contribution in [0.5, 0.6) is 0 Å². The summed E-state index contributed by atoms with van der Waals surface area (Å²) >= 11 is 0. The molecule has 7 fully saturated rings. The van der Waals surface area contributed by atoms with E-state index in [1.54, 1.807) is 5.01 Å². The number of morpholine rings is 1. The smallest absolute Gasteiger partial charge is 0.324 e. The maximum atomic E-state index is 15.4. The largest absolute Gasteiger partial charge is 0.464 e. The molecular formula is C62H83N9O7S. The van der Waals surface area contributed by atoms with Crippen LogP contribution < -0.4 is 15.6 Å². The van der Waals surface area contributed by atoms with Crippen molar-refractivity contribution in [2.24, 2.45) is 22.7 Å². The normalized spacial score (nSPS) is 29.5. The zero-order valence-electron chi connectivity index (χ0n) is 47.4.